The maximum Gasteiger partial charge on any atom is 0.220 e. The molecule has 0 spiro atoms. The number of nitrogens with one attached hydrogen (secondary N) is 3. The van der Waals surface area contributed by atoms with Crippen LogP contribution in [-0.2, 0) is 24.1 Å². The molecule has 1 amide bonds. The number of amides is 1. The second-order valence-corrected chi connectivity index (χ2v) is 9.48. The average molecular weight is 473 g/mol. The monoisotopic (exact) mass is 472 g/mol. The topological polar surface area (TPSA) is 69.8 Å². The molecular weight excluding hydrogens is 439 g/mol. The minimum Gasteiger partial charge on any atom is -0.384 e. The number of hydrogen-bond donors (Lipinski definition) is 3. The fourth-order valence-electron chi connectivity index (χ4n) is 5.16. The Labute approximate surface area is 205 Å². The van der Waals surface area contributed by atoms with Crippen LogP contribution in [0.5, 0.6) is 0 Å². The van der Waals surface area contributed by atoms with Gasteiger partial charge in [-0.1, -0.05) is 24.6 Å². The van der Waals surface area contributed by atoms with E-state index < -0.39 is 0 Å². The van der Waals surface area contributed by atoms with Gasteiger partial charge in [0.1, 0.15) is 5.82 Å². The molecular formula is C29H33FN4O. The Morgan fingerprint density at radius 3 is 2.83 bits per heavy atom. The maximum absolute atomic E-state index is 14.0. The van der Waals surface area contributed by atoms with E-state index in [0.29, 0.717) is 13.0 Å². The van der Waals surface area contributed by atoms with Gasteiger partial charge in [-0.15, -0.1) is 0 Å². The highest BCUT2D eigenvalue weighted by Gasteiger charge is 2.18. The predicted octanol–water partition coefficient (Wildman–Crippen LogP) is 6.07. The minimum atomic E-state index is -0.228. The third-order valence-corrected chi connectivity index (χ3v) is 7.00. The summed E-state index contributed by atoms with van der Waals surface area (Å²) in [5.41, 5.74) is 6.69. The highest BCUT2D eigenvalue weighted by Crippen LogP contribution is 2.33. The molecule has 35 heavy (non-hydrogen) atoms. The molecule has 0 aliphatic heterocycles. The molecule has 0 bridgehead atoms. The van der Waals surface area contributed by atoms with Crippen molar-refractivity contribution in [3.8, 4) is 0 Å². The lowest BCUT2D eigenvalue weighted by Crippen LogP contribution is -2.25. The molecule has 4 aromatic rings. The summed E-state index contributed by atoms with van der Waals surface area (Å²) in [6, 6.07) is 13.1. The van der Waals surface area contributed by atoms with Crippen LogP contribution in [0.4, 0.5) is 10.1 Å². The molecule has 2 aromatic carbocycles. The van der Waals surface area contributed by atoms with Crippen LogP contribution in [-0.4, -0.2) is 29.0 Å². The number of nitrogens with zero attached hydrogens (tertiary/aromatic N) is 1. The molecule has 0 radical (unpaired) electrons. The van der Waals surface area contributed by atoms with E-state index in [1.54, 1.807) is 12.1 Å². The summed E-state index contributed by atoms with van der Waals surface area (Å²) in [4.78, 5) is 20.3. The number of carbonyl (C=O) groups excluding carboxylic acids is 1. The first-order valence-electron chi connectivity index (χ1n) is 12.9. The van der Waals surface area contributed by atoms with Crippen molar-refractivity contribution in [3.63, 3.8) is 0 Å². The number of anilines is 1. The number of unbranched alkanes of at least 4 members (excludes halogenated alkanes) is 2. The number of aryl methyl sites for hydroxylation is 1. The largest absolute Gasteiger partial charge is 0.384 e. The molecule has 0 atom stereocenters. The van der Waals surface area contributed by atoms with Crippen LogP contribution in [0.3, 0.4) is 0 Å². The Balaban J connectivity index is 1.06. The number of halogens is 1. The van der Waals surface area contributed by atoms with Gasteiger partial charge in [0.25, 0.3) is 0 Å². The van der Waals surface area contributed by atoms with Crippen LogP contribution < -0.4 is 10.6 Å². The number of fused-ring (bicyclic) bond motifs is 3. The first kappa shape index (κ1) is 23.3. The van der Waals surface area contributed by atoms with Crippen LogP contribution in [0.25, 0.3) is 21.8 Å². The Morgan fingerprint density at radius 2 is 1.89 bits per heavy atom. The molecule has 0 saturated carbocycles. The summed E-state index contributed by atoms with van der Waals surface area (Å²) in [6.45, 7) is 1.46. The third kappa shape index (κ3) is 5.47. The molecule has 2 heterocycles. The summed E-state index contributed by atoms with van der Waals surface area (Å²) < 4.78 is 14.0. The summed E-state index contributed by atoms with van der Waals surface area (Å²) in [6.07, 6.45) is 10.5. The van der Waals surface area contributed by atoms with Gasteiger partial charge >= 0.3 is 0 Å². The van der Waals surface area contributed by atoms with Gasteiger partial charge in [-0.2, -0.15) is 0 Å². The van der Waals surface area contributed by atoms with Crippen LogP contribution in [0.15, 0.2) is 48.7 Å². The van der Waals surface area contributed by atoms with E-state index in [4.69, 9.17) is 4.98 Å². The Kier molecular flexibility index (Phi) is 7.26. The molecule has 182 valence electrons. The summed E-state index contributed by atoms with van der Waals surface area (Å²) in [7, 11) is 0. The number of aromatic nitrogens is 2. The van der Waals surface area contributed by atoms with Gasteiger partial charge < -0.3 is 15.6 Å². The maximum atomic E-state index is 14.0. The lowest BCUT2D eigenvalue weighted by Gasteiger charge is -2.21. The third-order valence-electron chi connectivity index (χ3n) is 7.00. The Morgan fingerprint density at radius 1 is 1.00 bits per heavy atom. The number of pyridine rings is 1. The van der Waals surface area contributed by atoms with Crippen molar-refractivity contribution in [2.24, 2.45) is 0 Å². The van der Waals surface area contributed by atoms with E-state index >= 15 is 0 Å². The van der Waals surface area contributed by atoms with E-state index in [9.17, 15) is 9.18 Å². The lowest BCUT2D eigenvalue weighted by atomic mass is 9.92. The molecule has 2 aromatic heterocycles. The van der Waals surface area contributed by atoms with Crippen molar-refractivity contribution in [1.82, 2.24) is 15.3 Å². The highest BCUT2D eigenvalue weighted by atomic mass is 19.1. The second-order valence-electron chi connectivity index (χ2n) is 9.48. The van der Waals surface area contributed by atoms with E-state index in [2.05, 4.69) is 27.8 Å². The SMILES string of the molecule is O=C(CCCCCNc1c2c(nc3ccc(F)cc13)CCCC2)NCCc1c[nH]c2ccccc12. The standard InChI is InChI=1S/C29H33FN4O/c30-21-13-14-27-24(18-21)29(23-9-4-6-11-26(23)34-27)32-16-7-1-2-12-28(35)31-17-15-20-19-33-25-10-5-3-8-22(20)25/h3,5,8,10,13-14,18-19,33H,1-2,4,6-7,9,11-12,15-17H2,(H,31,35)(H,32,34). The van der Waals surface area contributed by atoms with Gasteiger partial charge in [-0.05, 0) is 80.3 Å². The molecule has 0 saturated heterocycles. The number of benzene rings is 2. The normalized spacial score (nSPS) is 13.2. The molecule has 3 N–H and O–H groups in total. The number of rotatable bonds is 10. The quantitative estimate of drug-likeness (QED) is 0.246. The van der Waals surface area contributed by atoms with Crippen molar-refractivity contribution >= 4 is 33.4 Å². The zero-order valence-electron chi connectivity index (χ0n) is 20.1. The summed E-state index contributed by atoms with van der Waals surface area (Å²) >= 11 is 0. The van der Waals surface area contributed by atoms with E-state index in [0.717, 1.165) is 85.7 Å². The molecule has 6 heteroatoms. The van der Waals surface area contributed by atoms with Gasteiger partial charge in [0, 0.05) is 53.4 Å². The summed E-state index contributed by atoms with van der Waals surface area (Å²) in [5.74, 6) is -0.115. The van der Waals surface area contributed by atoms with Crippen molar-refractivity contribution in [3.05, 3.63) is 71.3 Å². The van der Waals surface area contributed by atoms with Gasteiger partial charge in [0.2, 0.25) is 5.91 Å². The molecule has 5 rings (SSSR count). The number of hydrogen-bond acceptors (Lipinski definition) is 3. The van der Waals surface area contributed by atoms with Gasteiger partial charge in [-0.25, -0.2) is 4.39 Å². The minimum absolute atomic E-state index is 0.113. The molecule has 5 nitrogen and oxygen atoms in total. The molecule has 0 fully saturated rings. The fourth-order valence-corrected chi connectivity index (χ4v) is 5.16. The number of carbonyl (C=O) groups is 1. The van der Waals surface area contributed by atoms with E-state index in [1.807, 2.05) is 18.3 Å². The summed E-state index contributed by atoms with van der Waals surface area (Å²) in [5, 5.41) is 8.73. The average Bonchev–Trinajstić information content (AvgIpc) is 3.29. The highest BCUT2D eigenvalue weighted by molar-refractivity contribution is 5.93. The van der Waals surface area contributed by atoms with Crippen molar-refractivity contribution in [2.45, 2.75) is 57.8 Å². The van der Waals surface area contributed by atoms with Crippen molar-refractivity contribution in [1.29, 1.82) is 0 Å². The smallest absolute Gasteiger partial charge is 0.220 e. The predicted molar refractivity (Wildman–Crippen MR) is 140 cm³/mol. The van der Waals surface area contributed by atoms with Crippen LogP contribution >= 0.6 is 0 Å². The Bertz CT molecular complexity index is 1330. The first-order chi connectivity index (χ1) is 17.2. The van der Waals surface area contributed by atoms with E-state index in [-0.39, 0.29) is 11.7 Å². The molecule has 0 unspecified atom stereocenters. The van der Waals surface area contributed by atoms with Crippen molar-refractivity contribution in [2.75, 3.05) is 18.4 Å². The Hall–Kier alpha value is -3.41. The lowest BCUT2D eigenvalue weighted by molar-refractivity contribution is -0.121. The fraction of sp³-hybridized carbons (Fsp3) is 0.379. The number of aromatic amines is 1. The van der Waals surface area contributed by atoms with Gasteiger partial charge in [-0.3, -0.25) is 9.78 Å². The first-order valence-corrected chi connectivity index (χ1v) is 12.9. The van der Waals surface area contributed by atoms with Crippen LogP contribution in [0.2, 0.25) is 0 Å². The zero-order chi connectivity index (χ0) is 24.0. The number of H-pyrrole nitrogens is 1. The van der Waals surface area contributed by atoms with Gasteiger partial charge in [0.05, 0.1) is 5.52 Å². The number of para-hydroxylation sites is 1. The zero-order valence-corrected chi connectivity index (χ0v) is 20.1. The molecule has 1 aliphatic carbocycles. The molecule has 1 aliphatic rings. The van der Waals surface area contributed by atoms with Gasteiger partial charge in [0.15, 0.2) is 0 Å². The van der Waals surface area contributed by atoms with Crippen LogP contribution in [0, 0.1) is 5.82 Å². The second kappa shape index (κ2) is 10.9. The van der Waals surface area contributed by atoms with E-state index in [1.165, 1.54) is 22.6 Å². The van der Waals surface area contributed by atoms with Crippen LogP contribution in [0.1, 0.15) is 55.3 Å². The van der Waals surface area contributed by atoms with Crippen molar-refractivity contribution < 1.29 is 9.18 Å².